The Morgan fingerprint density at radius 2 is 0.600 bits per heavy atom. The third-order valence-corrected chi connectivity index (χ3v) is 3.91. The van der Waals surface area contributed by atoms with E-state index in [1.165, 1.54) is 0 Å². The van der Waals surface area contributed by atoms with Crippen LogP contribution in [-0.4, -0.2) is 119 Å². The Balaban J connectivity index is -0.000000130. The quantitative estimate of drug-likeness (QED) is 0.358. The van der Waals surface area contributed by atoms with Gasteiger partial charge in [-0.2, -0.15) is 0 Å². The van der Waals surface area contributed by atoms with Crippen molar-refractivity contribution < 1.29 is 15.3 Å². The molecule has 0 aliphatic rings. The minimum Gasteiger partial charge on any atom is -0.854 e. The van der Waals surface area contributed by atoms with Gasteiger partial charge in [0, 0.05) is 0 Å². The molecule has 0 aromatic carbocycles. The van der Waals surface area contributed by atoms with Crippen LogP contribution in [0.5, 0.6) is 0 Å². The predicted octanol–water partition coefficient (Wildman–Crippen LogP) is -1.32. The van der Waals surface area contributed by atoms with E-state index in [0.29, 0.717) is 19.6 Å². The maximum atomic E-state index is 10.0. The van der Waals surface area contributed by atoms with Crippen molar-refractivity contribution in [1.29, 1.82) is 0 Å². The molecule has 0 rings (SSSR count). The molecule has 0 N–H and O–H groups in total. The van der Waals surface area contributed by atoms with Crippen LogP contribution in [0.15, 0.2) is 0 Å². The van der Waals surface area contributed by atoms with E-state index in [9.17, 15) is 15.3 Å². The Kier molecular flexibility index (Phi) is 39.1. The fourth-order valence-corrected chi connectivity index (χ4v) is 2.01. The Bertz CT molecular complexity index is 171. The third-order valence-electron chi connectivity index (χ3n) is 3.91. The summed E-state index contributed by atoms with van der Waals surface area (Å²) in [6.45, 7) is 20.6. The number of likely N-dealkylation sites (N-methyl/N-ethyl adjacent to an activating group) is 3. The first-order chi connectivity index (χ1) is 11.5. The van der Waals surface area contributed by atoms with Crippen LogP contribution in [0.2, 0.25) is 0 Å². The van der Waals surface area contributed by atoms with Crippen LogP contribution >= 0.6 is 0 Å². The maximum Gasteiger partial charge on any atom is 3.00 e. The van der Waals surface area contributed by atoms with Crippen molar-refractivity contribution in [2.45, 2.75) is 41.5 Å². The van der Waals surface area contributed by atoms with Crippen molar-refractivity contribution in [3.8, 4) is 0 Å². The molecule has 0 aromatic heterocycles. The number of hydrogen-bond donors (Lipinski definition) is 0. The summed E-state index contributed by atoms with van der Waals surface area (Å²) in [7, 11) is 0. The van der Waals surface area contributed by atoms with Gasteiger partial charge in [0.2, 0.25) is 0 Å². The zero-order valence-corrected chi connectivity index (χ0v) is 20.9. The molecule has 0 radical (unpaired) electrons. The maximum absolute atomic E-state index is 10.0. The minimum atomic E-state index is 0. The molecular weight excluding hydrogens is 421 g/mol. The molecular formula is C18H42InN3O3. The Hall–Kier alpha value is 0.630. The van der Waals surface area contributed by atoms with Gasteiger partial charge in [0.25, 0.3) is 0 Å². The molecule has 0 bridgehead atoms. The van der Waals surface area contributed by atoms with Gasteiger partial charge in [-0.3, -0.25) is 0 Å². The summed E-state index contributed by atoms with van der Waals surface area (Å²) in [6, 6.07) is 0. The Morgan fingerprint density at radius 1 is 0.440 bits per heavy atom. The second kappa shape index (κ2) is 29.4. The molecule has 0 fully saturated rings. The molecule has 0 aliphatic heterocycles. The molecule has 0 atom stereocenters. The van der Waals surface area contributed by atoms with Crippen LogP contribution in [0.25, 0.3) is 0 Å². The first-order valence-electron chi connectivity index (χ1n) is 9.45. The summed E-state index contributed by atoms with van der Waals surface area (Å²) >= 11 is 0. The molecule has 0 heterocycles. The fourth-order valence-electron chi connectivity index (χ4n) is 2.01. The second-order valence-corrected chi connectivity index (χ2v) is 5.19. The predicted molar refractivity (Wildman–Crippen MR) is 104 cm³/mol. The molecule has 0 aromatic rings. The van der Waals surface area contributed by atoms with Gasteiger partial charge in [0.15, 0.2) is 0 Å². The summed E-state index contributed by atoms with van der Waals surface area (Å²) in [5, 5.41) is 30.0. The monoisotopic (exact) mass is 463 g/mol. The molecule has 0 aliphatic carbocycles. The van der Waals surface area contributed by atoms with Gasteiger partial charge in [0.1, 0.15) is 0 Å². The van der Waals surface area contributed by atoms with E-state index in [2.05, 4.69) is 56.2 Å². The zero-order valence-electron chi connectivity index (χ0n) is 17.6. The number of rotatable bonds is 12. The Morgan fingerprint density at radius 3 is 0.640 bits per heavy atom. The first kappa shape index (κ1) is 33.2. The summed E-state index contributed by atoms with van der Waals surface area (Å²) in [5.74, 6) is 0. The first-order valence-corrected chi connectivity index (χ1v) is 9.45. The molecule has 25 heavy (non-hydrogen) atoms. The summed E-state index contributed by atoms with van der Waals surface area (Å²) in [4.78, 5) is 6.35. The van der Waals surface area contributed by atoms with Gasteiger partial charge in [-0.05, 0) is 58.9 Å². The van der Waals surface area contributed by atoms with Crippen molar-refractivity contribution >= 4 is 25.8 Å². The largest absolute Gasteiger partial charge is 3.00 e. The molecule has 150 valence electrons. The number of hydrogen-bond acceptors (Lipinski definition) is 6. The average Bonchev–Trinajstić information content (AvgIpc) is 2.63. The van der Waals surface area contributed by atoms with Gasteiger partial charge < -0.3 is 30.0 Å². The van der Waals surface area contributed by atoms with E-state index in [1.807, 2.05) is 0 Å². The Labute approximate surface area is 176 Å². The van der Waals surface area contributed by atoms with Crippen molar-refractivity contribution in [3.05, 3.63) is 0 Å². The van der Waals surface area contributed by atoms with Crippen LogP contribution in [0.1, 0.15) is 41.5 Å². The van der Waals surface area contributed by atoms with Gasteiger partial charge >= 0.3 is 25.8 Å². The summed E-state index contributed by atoms with van der Waals surface area (Å²) in [6.07, 6.45) is 0. The van der Waals surface area contributed by atoms with Gasteiger partial charge in [-0.1, -0.05) is 41.5 Å². The normalized spacial score (nSPS) is 10.1. The summed E-state index contributed by atoms with van der Waals surface area (Å²) in [5.41, 5.74) is 0. The fraction of sp³-hybridized carbons (Fsp3) is 1.00. The van der Waals surface area contributed by atoms with Gasteiger partial charge in [0.05, 0.1) is 0 Å². The molecule has 0 spiro atoms. The smallest absolute Gasteiger partial charge is 0.854 e. The molecule has 0 saturated carbocycles. The van der Waals surface area contributed by atoms with Crippen molar-refractivity contribution in [2.75, 3.05) is 78.7 Å². The van der Waals surface area contributed by atoms with E-state index in [1.54, 1.807) is 0 Å². The molecule has 7 heteroatoms. The van der Waals surface area contributed by atoms with Crippen LogP contribution in [0, 0.1) is 0 Å². The van der Waals surface area contributed by atoms with Crippen LogP contribution in [-0.2, 0) is 0 Å². The van der Waals surface area contributed by atoms with Crippen molar-refractivity contribution in [3.63, 3.8) is 0 Å². The second-order valence-electron chi connectivity index (χ2n) is 5.19. The van der Waals surface area contributed by atoms with Crippen LogP contribution in [0.4, 0.5) is 0 Å². The van der Waals surface area contributed by atoms with E-state index in [0.717, 1.165) is 39.3 Å². The van der Waals surface area contributed by atoms with E-state index in [4.69, 9.17) is 0 Å². The topological polar surface area (TPSA) is 78.9 Å². The number of nitrogens with zero attached hydrogens (tertiary/aromatic N) is 3. The van der Waals surface area contributed by atoms with Crippen LogP contribution < -0.4 is 15.3 Å². The standard InChI is InChI=1S/3C6H14NO.In/c3*1-3-7(4-2)5-6-8;/h3*3-6H2,1-2H3;/q3*-1;+3. The molecule has 0 saturated heterocycles. The van der Waals surface area contributed by atoms with Crippen LogP contribution in [0.3, 0.4) is 0 Å². The van der Waals surface area contributed by atoms with E-state index < -0.39 is 0 Å². The van der Waals surface area contributed by atoms with E-state index >= 15 is 0 Å². The molecule has 0 unspecified atom stereocenters. The van der Waals surface area contributed by atoms with Crippen molar-refractivity contribution in [2.24, 2.45) is 0 Å². The molecule has 6 nitrogen and oxygen atoms in total. The summed E-state index contributed by atoms with van der Waals surface area (Å²) < 4.78 is 0. The minimum absolute atomic E-state index is 0. The third kappa shape index (κ3) is 27.0. The van der Waals surface area contributed by atoms with Gasteiger partial charge in [-0.15, -0.1) is 19.8 Å². The SMILES string of the molecule is CCN(CC)CC[O-].CCN(CC)CC[O-].CCN(CC)CC[O-].[In+3]. The van der Waals surface area contributed by atoms with Crippen molar-refractivity contribution in [1.82, 2.24) is 14.7 Å². The van der Waals surface area contributed by atoms with E-state index in [-0.39, 0.29) is 45.7 Å². The average molecular weight is 463 g/mol. The zero-order chi connectivity index (χ0) is 19.2. The molecule has 0 amide bonds. The van der Waals surface area contributed by atoms with Gasteiger partial charge in [-0.25, -0.2) is 0 Å².